The number of H-pyrrole nitrogens is 4. The minimum absolute atomic E-state index is 0.00953. The molecule has 0 bridgehead atoms. The molecule has 42 nitrogen and oxygen atoms in total. The number of hydrogen-bond acceptors (Lipinski definition) is 35. The summed E-state index contributed by atoms with van der Waals surface area (Å²) in [7, 11) is 2.64. The van der Waals surface area contributed by atoms with E-state index < -0.39 is 18.0 Å². The van der Waals surface area contributed by atoms with Crippen LogP contribution in [-0.2, 0) is 23.8 Å². The van der Waals surface area contributed by atoms with Gasteiger partial charge in [0.25, 0.3) is 0 Å². The first-order chi connectivity index (χ1) is 44.8. The van der Waals surface area contributed by atoms with Crippen molar-refractivity contribution in [3.63, 3.8) is 0 Å². The van der Waals surface area contributed by atoms with E-state index in [9.17, 15) is 19.2 Å². The van der Waals surface area contributed by atoms with Crippen LogP contribution in [0, 0.1) is 48.5 Å². The number of anilines is 3. The van der Waals surface area contributed by atoms with Crippen LogP contribution in [0.3, 0.4) is 0 Å². The Morgan fingerprint density at radius 1 is 0.591 bits per heavy atom. The van der Waals surface area contributed by atoms with Crippen LogP contribution in [-0.4, -0.2) is 164 Å². The lowest BCUT2D eigenvalue weighted by atomic mass is 10.0. The Morgan fingerprint density at radius 3 is 1.65 bits per heavy atom. The van der Waals surface area contributed by atoms with Crippen LogP contribution in [0.15, 0.2) is 81.2 Å². The quantitative estimate of drug-likeness (QED) is 0.0269. The molecule has 0 aliphatic rings. The second-order valence-electron chi connectivity index (χ2n) is 18.4. The lowest BCUT2D eigenvalue weighted by Crippen LogP contribution is -2.15. The molecule has 0 unspecified atom stereocenters. The van der Waals surface area contributed by atoms with E-state index in [2.05, 4.69) is 156 Å². The molecule has 45 heteroatoms. The summed E-state index contributed by atoms with van der Waals surface area (Å²) in [6.07, 6.45) is 1.01. The largest absolute Gasteiger partial charge is 0.468 e. The maximum absolute atomic E-state index is 12.1. The summed E-state index contributed by atoms with van der Waals surface area (Å²) < 4.78 is 33.3. The number of thiazole rings is 1. The van der Waals surface area contributed by atoms with Gasteiger partial charge in [-0.2, -0.15) is 13.4 Å². The van der Waals surface area contributed by atoms with E-state index in [1.807, 2.05) is 0 Å². The van der Waals surface area contributed by atoms with Crippen LogP contribution in [0.4, 0.5) is 66.4 Å². The predicted octanol–water partition coefficient (Wildman–Crippen LogP) is 9.16. The van der Waals surface area contributed by atoms with Crippen molar-refractivity contribution in [2.45, 2.75) is 62.3 Å². The Balaban J connectivity index is 0.000000136. The van der Waals surface area contributed by atoms with Crippen molar-refractivity contribution in [3.05, 3.63) is 82.2 Å². The molecule has 13 aromatic rings. The third-order valence-electron chi connectivity index (χ3n) is 11.4. The van der Waals surface area contributed by atoms with Crippen LogP contribution in [0.2, 0.25) is 0 Å². The fraction of sp³-hybridized carbons (Fsp3) is 0.271. The van der Waals surface area contributed by atoms with Gasteiger partial charge >= 0.3 is 24.0 Å². The van der Waals surface area contributed by atoms with Gasteiger partial charge in [-0.25, -0.2) is 44.5 Å². The van der Waals surface area contributed by atoms with Gasteiger partial charge in [0.15, 0.2) is 40.2 Å². The number of esters is 2. The SMILES string of the molecule is CC(=O)Nc1nn2[nH]c(C)nc2c1N=Nc1nc(C)ns1.CCOC(=O)Nc1nn2[nH]c(C)nc2c1N=Nc1nc(C)ns1.COC(=O)CNc1nn2[nH]c(C)nc2c1N=Nc1nccs1.COC(=O)c1ccccc1-c1[nH]n2nc(C)nc2c1N=Nc1nnc(C)o1. The average molecular weight is 1330 g/mol. The first kappa shape index (κ1) is 63.7. The molecule has 13 rings (SSSR count). The molecule has 93 heavy (non-hydrogen) atoms. The summed E-state index contributed by atoms with van der Waals surface area (Å²) in [5, 5.41) is 79.9. The summed E-state index contributed by atoms with van der Waals surface area (Å²) in [6, 6.07) is 6.97. The molecule has 7 N–H and O–H groups in total. The topological polar surface area (TPSA) is 518 Å². The maximum Gasteiger partial charge on any atom is 0.412 e. The summed E-state index contributed by atoms with van der Waals surface area (Å²) in [4.78, 5) is 75.6. The molecule has 0 atom stereocenters. The van der Waals surface area contributed by atoms with Gasteiger partial charge < -0.3 is 29.3 Å². The summed E-state index contributed by atoms with van der Waals surface area (Å²) in [5.74, 6) is 3.90. The molecule has 2 amide bonds. The number of nitrogens with zero attached hydrogens (tertiary/aromatic N) is 27. The Hall–Kier alpha value is -12.3. The van der Waals surface area contributed by atoms with Gasteiger partial charge in [0.1, 0.15) is 41.5 Å². The number of aromatic nitrogens is 23. The number of carbonyl (C=O) groups excluding carboxylic acids is 4. The first-order valence-electron chi connectivity index (χ1n) is 26.8. The fourth-order valence-electron chi connectivity index (χ4n) is 7.78. The van der Waals surface area contributed by atoms with Gasteiger partial charge in [-0.1, -0.05) is 28.4 Å². The molecule has 0 fully saturated rings. The van der Waals surface area contributed by atoms with Gasteiger partial charge in [-0.05, 0) is 54.5 Å². The van der Waals surface area contributed by atoms with E-state index in [0.717, 1.165) is 23.1 Å². The molecule has 12 aromatic heterocycles. The number of amides is 2. The van der Waals surface area contributed by atoms with Crippen molar-refractivity contribution in [3.8, 4) is 11.3 Å². The number of rotatable bonds is 16. The molecular weight excluding hydrogens is 1280 g/mol. The molecule has 0 aliphatic heterocycles. The number of azo groups is 4. The van der Waals surface area contributed by atoms with Gasteiger partial charge in [-0.3, -0.25) is 35.3 Å². The highest BCUT2D eigenvalue weighted by atomic mass is 32.1. The van der Waals surface area contributed by atoms with E-state index in [4.69, 9.17) is 13.9 Å². The Kier molecular flexibility index (Phi) is 19.5. The first-order valence-corrected chi connectivity index (χ1v) is 29.2. The number of hydrogen-bond donors (Lipinski definition) is 7. The minimum Gasteiger partial charge on any atom is -0.468 e. The van der Waals surface area contributed by atoms with E-state index in [-0.39, 0.29) is 36.7 Å². The molecule has 0 aliphatic carbocycles. The number of carbonyl (C=O) groups is 4. The average Bonchev–Trinajstić information content (AvgIpc) is 1.68. The van der Waals surface area contributed by atoms with Gasteiger partial charge in [0.05, 0.1) is 32.1 Å². The predicted molar refractivity (Wildman–Crippen MR) is 328 cm³/mol. The number of ether oxygens (including phenoxy) is 3. The van der Waals surface area contributed by atoms with Crippen LogP contribution >= 0.6 is 34.4 Å². The summed E-state index contributed by atoms with van der Waals surface area (Å²) in [6.45, 7) is 15.6. The van der Waals surface area contributed by atoms with Gasteiger partial charge in [0.2, 0.25) is 49.8 Å². The van der Waals surface area contributed by atoms with Gasteiger partial charge in [0, 0.05) is 54.1 Å². The molecular formula is C48H50N34O8S3. The number of aryl methyl sites for hydroxylation is 7. The molecule has 478 valence electrons. The van der Waals surface area contributed by atoms with Crippen LogP contribution in [0.5, 0.6) is 0 Å². The monoisotopic (exact) mass is 1330 g/mol. The molecule has 0 spiro atoms. The van der Waals surface area contributed by atoms with E-state index in [0.29, 0.717) is 124 Å². The Bertz CT molecular complexity index is 4920. The van der Waals surface area contributed by atoms with Crippen molar-refractivity contribution < 1.29 is 37.8 Å². The Morgan fingerprint density at radius 2 is 1.13 bits per heavy atom. The second kappa shape index (κ2) is 28.5. The van der Waals surface area contributed by atoms with Crippen molar-refractivity contribution in [1.82, 2.24) is 113 Å². The Labute approximate surface area is 531 Å². The molecule has 1 aromatic carbocycles. The minimum atomic E-state index is -0.631. The smallest absolute Gasteiger partial charge is 0.412 e. The highest BCUT2D eigenvalue weighted by Crippen LogP contribution is 2.37. The highest BCUT2D eigenvalue weighted by Gasteiger charge is 2.24. The normalized spacial score (nSPS) is 11.5. The highest BCUT2D eigenvalue weighted by molar-refractivity contribution is 7.13. The fourth-order valence-corrected chi connectivity index (χ4v) is 9.24. The van der Waals surface area contributed by atoms with E-state index >= 15 is 0 Å². The molecule has 0 saturated carbocycles. The van der Waals surface area contributed by atoms with Crippen LogP contribution in [0.1, 0.15) is 65.0 Å². The molecule has 12 heterocycles. The lowest BCUT2D eigenvalue weighted by molar-refractivity contribution is -0.138. The summed E-state index contributed by atoms with van der Waals surface area (Å²) >= 11 is 3.62. The maximum atomic E-state index is 12.1. The van der Waals surface area contributed by atoms with Crippen molar-refractivity contribution in [1.29, 1.82) is 0 Å². The number of benzene rings is 1. The van der Waals surface area contributed by atoms with E-state index in [1.54, 1.807) is 91.2 Å². The number of aromatic amines is 4. The van der Waals surface area contributed by atoms with Crippen molar-refractivity contribution >= 4 is 143 Å². The zero-order chi connectivity index (χ0) is 65.9. The third kappa shape index (κ3) is 15.4. The number of methoxy groups -OCH3 is 2. The number of nitrogens with one attached hydrogen (secondary N) is 7. The van der Waals surface area contributed by atoms with Crippen LogP contribution in [0.25, 0.3) is 33.8 Å². The second-order valence-corrected chi connectivity index (χ2v) is 20.7. The summed E-state index contributed by atoms with van der Waals surface area (Å²) in [5.41, 5.74) is 4.76. The molecule has 0 saturated heterocycles. The van der Waals surface area contributed by atoms with Crippen molar-refractivity contribution in [2.75, 3.05) is 43.3 Å². The van der Waals surface area contributed by atoms with E-state index in [1.165, 1.54) is 51.0 Å². The zero-order valence-electron chi connectivity index (χ0n) is 50.4. The molecule has 0 radical (unpaired) electrons. The van der Waals surface area contributed by atoms with Gasteiger partial charge in [-0.15, -0.1) is 86.5 Å². The zero-order valence-corrected chi connectivity index (χ0v) is 52.9. The lowest BCUT2D eigenvalue weighted by Gasteiger charge is -2.06. The van der Waals surface area contributed by atoms with Crippen LogP contribution < -0.4 is 16.0 Å². The number of fused-ring (bicyclic) bond motifs is 4. The van der Waals surface area contributed by atoms with Crippen molar-refractivity contribution in [2.24, 2.45) is 40.9 Å². The standard InChI is InChI=1S/C16H14N8O3.C11H13N9O2S.C11H12N8O2S.C10H11N9OS/c1-8-17-14-13(19-21-16-20-18-9(2)27-16)12(23-24(14)22-8)10-6-4-5-7-11(10)15(25)26-3;1-4-22-11(21)14-8-7(9-12-5(2)17-20(9)18-8)15-16-10-13-6(3)19-23-10;1-6-14-10-8(15-16-11-12-3-4-22-11)9(18-19(10)17-6)13-5-7(20)21-2;1-4-11-9-7(14-15-10-12-5(2)18-21-10)8(13-6(3)20)17-19(9)16-4/h4-7,23H,1-3H3;4H2,1-3H3,(H,12,17)(H,14,18,21);3-4H,5H2,1-2H3,(H,13,18)(H,14,17);1-3H3,(H,11,16)(H,13,17,20). The third-order valence-corrected chi connectivity index (χ3v) is 13.5.